The summed E-state index contributed by atoms with van der Waals surface area (Å²) in [5.41, 5.74) is 2.85. The Morgan fingerprint density at radius 1 is 1.00 bits per heavy atom. The minimum atomic E-state index is -1.09. The van der Waals surface area contributed by atoms with Gasteiger partial charge in [0, 0.05) is 18.8 Å². The highest BCUT2D eigenvalue weighted by atomic mass is 16.5. The van der Waals surface area contributed by atoms with Crippen molar-refractivity contribution in [3.8, 4) is 11.5 Å². The topological polar surface area (TPSA) is 119 Å². The van der Waals surface area contributed by atoms with E-state index in [-0.39, 0.29) is 18.4 Å². The summed E-state index contributed by atoms with van der Waals surface area (Å²) in [4.78, 5) is 41.8. The Morgan fingerprint density at radius 3 is 2.38 bits per heavy atom. The third-order valence-corrected chi connectivity index (χ3v) is 6.66. The van der Waals surface area contributed by atoms with Gasteiger partial charge in [0.1, 0.15) is 6.04 Å². The molecule has 0 unspecified atom stereocenters. The fourth-order valence-electron chi connectivity index (χ4n) is 4.82. The first-order chi connectivity index (χ1) is 19.3. The van der Waals surface area contributed by atoms with Crippen LogP contribution in [0.1, 0.15) is 46.1 Å². The summed E-state index contributed by atoms with van der Waals surface area (Å²) >= 11 is 0. The van der Waals surface area contributed by atoms with Gasteiger partial charge in [-0.05, 0) is 79.8 Å². The summed E-state index contributed by atoms with van der Waals surface area (Å²) < 4.78 is 21.7. The number of carbonyl (C=O) groups excluding carboxylic acids is 3. The molecule has 0 spiro atoms. The molecule has 0 radical (unpaired) electrons. The van der Waals surface area contributed by atoms with Gasteiger partial charge in [-0.3, -0.25) is 19.3 Å². The van der Waals surface area contributed by atoms with Gasteiger partial charge in [0.2, 0.25) is 11.8 Å². The molecule has 10 heteroatoms. The van der Waals surface area contributed by atoms with Crippen LogP contribution in [0.2, 0.25) is 0 Å². The quantitative estimate of drug-likeness (QED) is 0.374. The number of hydrogen-bond donors (Lipinski definition) is 2. The van der Waals surface area contributed by atoms with Gasteiger partial charge in [-0.15, -0.1) is 0 Å². The lowest BCUT2D eigenvalue weighted by Gasteiger charge is -2.32. The molecule has 4 rings (SSSR count). The van der Waals surface area contributed by atoms with Crippen molar-refractivity contribution < 1.29 is 33.0 Å². The van der Waals surface area contributed by atoms with Crippen LogP contribution in [0, 0.1) is 13.8 Å². The van der Waals surface area contributed by atoms with Crippen molar-refractivity contribution >= 4 is 23.4 Å². The molecule has 212 valence electrons. The van der Waals surface area contributed by atoms with E-state index in [9.17, 15) is 14.4 Å². The maximum atomic E-state index is 13.9. The Hall–Kier alpha value is -4.31. The van der Waals surface area contributed by atoms with E-state index < -0.39 is 23.8 Å². The van der Waals surface area contributed by atoms with E-state index in [1.54, 1.807) is 24.3 Å². The number of hydrogen-bond acceptors (Lipinski definition) is 7. The number of aryl methyl sites for hydroxylation is 2. The fourth-order valence-corrected chi connectivity index (χ4v) is 4.82. The molecule has 2 N–H and O–H groups in total. The third-order valence-electron chi connectivity index (χ3n) is 6.66. The largest absolute Gasteiger partial charge is 0.493 e. The first-order valence-corrected chi connectivity index (χ1v) is 13.1. The van der Waals surface area contributed by atoms with Gasteiger partial charge in [0.25, 0.3) is 5.91 Å². The molecule has 40 heavy (non-hydrogen) atoms. The Morgan fingerprint density at radius 2 is 1.75 bits per heavy atom. The number of furan rings is 1. The van der Waals surface area contributed by atoms with Crippen molar-refractivity contribution in [3.63, 3.8) is 0 Å². The number of ether oxygens (including phenoxy) is 3. The Kier molecular flexibility index (Phi) is 9.44. The fraction of sp³-hybridized carbons (Fsp3) is 0.367. The van der Waals surface area contributed by atoms with Crippen LogP contribution in [0.4, 0.5) is 5.69 Å². The summed E-state index contributed by atoms with van der Waals surface area (Å²) in [6.07, 6.45) is 3.07. The molecule has 3 aromatic rings. The molecule has 10 nitrogen and oxygen atoms in total. The van der Waals surface area contributed by atoms with Crippen LogP contribution in [0.25, 0.3) is 0 Å². The van der Waals surface area contributed by atoms with E-state index in [2.05, 4.69) is 10.6 Å². The predicted octanol–water partition coefficient (Wildman–Crippen LogP) is 3.71. The van der Waals surface area contributed by atoms with Crippen LogP contribution in [-0.4, -0.2) is 57.7 Å². The second kappa shape index (κ2) is 13.2. The normalized spacial score (nSPS) is 15.2. The monoisotopic (exact) mass is 549 g/mol. The highest BCUT2D eigenvalue weighted by Gasteiger charge is 2.34. The molecule has 1 aromatic heterocycles. The molecule has 1 fully saturated rings. The van der Waals surface area contributed by atoms with Gasteiger partial charge >= 0.3 is 0 Å². The number of benzene rings is 2. The Balaban J connectivity index is 1.74. The van der Waals surface area contributed by atoms with Gasteiger partial charge in [0.15, 0.2) is 17.3 Å². The molecule has 3 amide bonds. The number of nitrogens with one attached hydrogen (secondary N) is 2. The summed E-state index contributed by atoms with van der Waals surface area (Å²) in [7, 11) is 3.03. The molecule has 1 aliphatic rings. The molecular formula is C30H35N3O7. The van der Waals surface area contributed by atoms with E-state index in [1.165, 1.54) is 31.4 Å². The first kappa shape index (κ1) is 28.7. The summed E-state index contributed by atoms with van der Waals surface area (Å²) in [5.74, 6) is -0.444. The van der Waals surface area contributed by atoms with Crippen molar-refractivity contribution in [3.05, 3.63) is 77.2 Å². The average Bonchev–Trinajstić information content (AvgIpc) is 3.67. The van der Waals surface area contributed by atoms with Crippen LogP contribution in [-0.2, 0) is 14.3 Å². The molecule has 2 aromatic carbocycles. The smallest absolute Gasteiger partial charge is 0.287 e. The number of carbonyl (C=O) groups is 3. The molecule has 2 atom stereocenters. The molecule has 1 saturated heterocycles. The van der Waals surface area contributed by atoms with Crippen molar-refractivity contribution in [1.82, 2.24) is 10.6 Å². The van der Waals surface area contributed by atoms with E-state index >= 15 is 0 Å². The van der Waals surface area contributed by atoms with Crippen molar-refractivity contribution in [2.75, 3.05) is 38.8 Å². The molecule has 2 heterocycles. The van der Waals surface area contributed by atoms with Gasteiger partial charge in [-0.1, -0.05) is 12.1 Å². The maximum absolute atomic E-state index is 13.9. The summed E-state index contributed by atoms with van der Waals surface area (Å²) in [5, 5.41) is 5.59. The number of rotatable bonds is 11. The third kappa shape index (κ3) is 6.81. The molecule has 0 saturated carbocycles. The molecule has 0 aliphatic carbocycles. The van der Waals surface area contributed by atoms with E-state index in [0.717, 1.165) is 24.0 Å². The van der Waals surface area contributed by atoms with Crippen molar-refractivity contribution in [2.45, 2.75) is 38.8 Å². The second-order valence-electron chi connectivity index (χ2n) is 9.67. The molecule has 1 aliphatic heterocycles. The Bertz CT molecular complexity index is 1310. The van der Waals surface area contributed by atoms with Gasteiger partial charge < -0.3 is 29.3 Å². The van der Waals surface area contributed by atoms with E-state index in [0.29, 0.717) is 35.9 Å². The lowest BCUT2D eigenvalue weighted by molar-refractivity contribution is -0.126. The van der Waals surface area contributed by atoms with Crippen molar-refractivity contribution in [2.24, 2.45) is 0 Å². The van der Waals surface area contributed by atoms with Gasteiger partial charge in [-0.2, -0.15) is 0 Å². The molecule has 0 bridgehead atoms. The van der Waals surface area contributed by atoms with Crippen LogP contribution < -0.4 is 25.0 Å². The number of methoxy groups -OCH3 is 2. The zero-order valence-corrected chi connectivity index (χ0v) is 23.2. The maximum Gasteiger partial charge on any atom is 0.287 e. The minimum Gasteiger partial charge on any atom is -0.493 e. The van der Waals surface area contributed by atoms with Crippen LogP contribution in [0.15, 0.2) is 59.2 Å². The second-order valence-corrected chi connectivity index (χ2v) is 9.67. The summed E-state index contributed by atoms with van der Waals surface area (Å²) in [6, 6.07) is 12.7. The van der Waals surface area contributed by atoms with Crippen molar-refractivity contribution in [1.29, 1.82) is 0 Å². The predicted molar refractivity (Wildman–Crippen MR) is 149 cm³/mol. The summed E-state index contributed by atoms with van der Waals surface area (Å²) in [6.45, 7) is 4.44. The zero-order valence-electron chi connectivity index (χ0n) is 23.2. The van der Waals surface area contributed by atoms with Gasteiger partial charge in [-0.25, -0.2) is 0 Å². The first-order valence-electron chi connectivity index (χ1n) is 13.1. The van der Waals surface area contributed by atoms with Crippen LogP contribution >= 0.6 is 0 Å². The van der Waals surface area contributed by atoms with E-state index in [1.807, 2.05) is 32.0 Å². The lowest BCUT2D eigenvalue weighted by atomic mass is 10.0. The zero-order chi connectivity index (χ0) is 28.6. The molecular weight excluding hydrogens is 514 g/mol. The van der Waals surface area contributed by atoms with Crippen LogP contribution in [0.5, 0.6) is 11.5 Å². The van der Waals surface area contributed by atoms with Gasteiger partial charge in [0.05, 0.1) is 33.1 Å². The SMILES string of the molecule is COc1ccc([C@@H](C(=O)NC[C@@H]2CCCO2)N(C(=O)CNC(=O)c2ccco2)c2cc(C)cc(C)c2)cc1OC. The Labute approximate surface area is 233 Å². The van der Waals surface area contributed by atoms with Crippen LogP contribution in [0.3, 0.4) is 0 Å². The minimum absolute atomic E-state index is 0.0801. The average molecular weight is 550 g/mol. The van der Waals surface area contributed by atoms with E-state index in [4.69, 9.17) is 18.6 Å². The highest BCUT2D eigenvalue weighted by molar-refractivity contribution is 6.04. The number of nitrogens with zero attached hydrogens (tertiary/aromatic N) is 1. The number of amides is 3. The number of anilines is 1. The lowest BCUT2D eigenvalue weighted by Crippen LogP contribution is -2.48. The standard InChI is InChI=1S/C30H35N3O7/c1-19-13-20(2)15-22(14-19)33(27(34)18-32-29(35)25-8-6-12-40-25)28(30(36)31-17-23-7-5-11-39-23)21-9-10-24(37-3)26(16-21)38-4/h6,8-10,12-16,23,28H,5,7,11,17-18H2,1-4H3,(H,31,36)(H,32,35)/t23-,28-/m0/s1. The highest BCUT2D eigenvalue weighted by Crippen LogP contribution is 2.35.